The van der Waals surface area contributed by atoms with Crippen LogP contribution in [0, 0.1) is 11.8 Å². The average Bonchev–Trinajstić information content (AvgIpc) is 2.60. The van der Waals surface area contributed by atoms with Gasteiger partial charge < -0.3 is 15.4 Å². The van der Waals surface area contributed by atoms with Gasteiger partial charge in [0.15, 0.2) is 0 Å². The lowest BCUT2D eigenvalue weighted by Crippen LogP contribution is -2.43. The molecule has 1 aliphatic heterocycles. The van der Waals surface area contributed by atoms with E-state index in [-0.39, 0.29) is 23.7 Å². The molecular weight excluding hydrogens is 292 g/mol. The molecule has 1 fully saturated rings. The average molecular weight is 318 g/mol. The van der Waals surface area contributed by atoms with Gasteiger partial charge in [0.05, 0.1) is 18.4 Å². The normalized spacial score (nSPS) is 18.9. The highest BCUT2D eigenvalue weighted by Gasteiger charge is 2.25. The molecule has 0 saturated carbocycles. The molecule has 1 saturated heterocycles. The van der Waals surface area contributed by atoms with Crippen molar-refractivity contribution in [2.75, 3.05) is 26.2 Å². The van der Waals surface area contributed by atoms with Crippen molar-refractivity contribution in [3.8, 4) is 0 Å². The summed E-state index contributed by atoms with van der Waals surface area (Å²) in [6, 6.07) is 9.81. The zero-order valence-corrected chi connectivity index (χ0v) is 13.7. The number of rotatable bonds is 7. The van der Waals surface area contributed by atoms with Crippen molar-refractivity contribution in [3.05, 3.63) is 35.9 Å². The van der Waals surface area contributed by atoms with Gasteiger partial charge in [-0.1, -0.05) is 30.3 Å². The molecule has 126 valence electrons. The molecule has 1 amide bonds. The van der Waals surface area contributed by atoms with Crippen LogP contribution < -0.4 is 10.6 Å². The zero-order valence-electron chi connectivity index (χ0n) is 13.7. The van der Waals surface area contributed by atoms with Crippen LogP contribution in [0.4, 0.5) is 0 Å². The van der Waals surface area contributed by atoms with E-state index in [9.17, 15) is 9.59 Å². The van der Waals surface area contributed by atoms with E-state index in [4.69, 9.17) is 4.74 Å². The van der Waals surface area contributed by atoms with E-state index in [0.29, 0.717) is 26.1 Å². The highest BCUT2D eigenvalue weighted by atomic mass is 16.5. The van der Waals surface area contributed by atoms with Gasteiger partial charge in [-0.25, -0.2) is 0 Å². The van der Waals surface area contributed by atoms with E-state index in [1.807, 2.05) is 30.3 Å². The second kappa shape index (κ2) is 9.30. The Bertz CT molecular complexity index is 498. The van der Waals surface area contributed by atoms with Gasteiger partial charge in [-0.15, -0.1) is 0 Å². The first-order valence-electron chi connectivity index (χ1n) is 8.39. The van der Waals surface area contributed by atoms with E-state index < -0.39 is 0 Å². The second-order valence-electron chi connectivity index (χ2n) is 5.93. The molecule has 2 atom stereocenters. The molecule has 1 aliphatic rings. The van der Waals surface area contributed by atoms with Crippen molar-refractivity contribution >= 4 is 11.9 Å². The van der Waals surface area contributed by atoms with Gasteiger partial charge in [0.25, 0.3) is 0 Å². The van der Waals surface area contributed by atoms with Crippen LogP contribution in [-0.2, 0) is 20.7 Å². The Morgan fingerprint density at radius 3 is 2.78 bits per heavy atom. The summed E-state index contributed by atoms with van der Waals surface area (Å²) in [7, 11) is 0. The molecule has 0 spiro atoms. The van der Waals surface area contributed by atoms with Crippen LogP contribution in [0.3, 0.4) is 0 Å². The van der Waals surface area contributed by atoms with Crippen molar-refractivity contribution in [1.82, 2.24) is 10.6 Å². The van der Waals surface area contributed by atoms with E-state index in [0.717, 1.165) is 24.9 Å². The number of carbonyl (C=O) groups is 2. The van der Waals surface area contributed by atoms with Crippen molar-refractivity contribution in [2.24, 2.45) is 11.8 Å². The summed E-state index contributed by atoms with van der Waals surface area (Å²) < 4.78 is 5.15. The number of carbonyl (C=O) groups excluding carboxylic acids is 2. The molecule has 5 nitrogen and oxygen atoms in total. The lowest BCUT2D eigenvalue weighted by molar-refractivity contribution is -0.148. The van der Waals surface area contributed by atoms with Gasteiger partial charge in [-0.3, -0.25) is 9.59 Å². The lowest BCUT2D eigenvalue weighted by Gasteiger charge is -2.23. The molecular formula is C18H26N2O3. The van der Waals surface area contributed by atoms with Crippen LogP contribution in [0.15, 0.2) is 30.3 Å². The second-order valence-corrected chi connectivity index (χ2v) is 5.93. The fourth-order valence-corrected chi connectivity index (χ4v) is 2.84. The standard InChI is InChI=1S/C18H26N2O3/c1-2-23-18(22)16(11-14-7-4-3-5-8-14)13-20-17(21)15-9-6-10-19-12-15/h3-5,7-8,15-16,19H,2,6,9-13H2,1H3,(H,20,21). The Labute approximate surface area is 137 Å². The third-order valence-corrected chi connectivity index (χ3v) is 4.14. The summed E-state index contributed by atoms with van der Waals surface area (Å²) in [5.74, 6) is -0.570. The molecule has 5 heteroatoms. The van der Waals surface area contributed by atoms with Crippen LogP contribution in [0.2, 0.25) is 0 Å². The van der Waals surface area contributed by atoms with Gasteiger partial charge in [0.1, 0.15) is 0 Å². The third-order valence-electron chi connectivity index (χ3n) is 4.14. The number of piperidine rings is 1. The Morgan fingerprint density at radius 1 is 1.35 bits per heavy atom. The summed E-state index contributed by atoms with van der Waals surface area (Å²) >= 11 is 0. The summed E-state index contributed by atoms with van der Waals surface area (Å²) in [5, 5.41) is 6.17. The summed E-state index contributed by atoms with van der Waals surface area (Å²) in [6.07, 6.45) is 2.49. The van der Waals surface area contributed by atoms with E-state index in [1.165, 1.54) is 0 Å². The number of hydrogen-bond acceptors (Lipinski definition) is 4. The fraction of sp³-hybridized carbons (Fsp3) is 0.556. The lowest BCUT2D eigenvalue weighted by atomic mass is 9.97. The Morgan fingerprint density at radius 2 is 2.13 bits per heavy atom. The first kappa shape index (κ1) is 17.5. The maximum atomic E-state index is 12.2. The third kappa shape index (κ3) is 5.67. The Balaban J connectivity index is 1.91. The van der Waals surface area contributed by atoms with Crippen molar-refractivity contribution in [1.29, 1.82) is 0 Å². The summed E-state index contributed by atoms with van der Waals surface area (Å²) in [6.45, 7) is 4.16. The molecule has 0 radical (unpaired) electrons. The number of ether oxygens (including phenoxy) is 1. The summed E-state index contributed by atoms with van der Waals surface area (Å²) in [5.41, 5.74) is 1.07. The predicted molar refractivity (Wildman–Crippen MR) is 88.9 cm³/mol. The Hall–Kier alpha value is -1.88. The van der Waals surface area contributed by atoms with Crippen molar-refractivity contribution in [2.45, 2.75) is 26.2 Å². The number of amides is 1. The van der Waals surface area contributed by atoms with E-state index >= 15 is 0 Å². The van der Waals surface area contributed by atoms with E-state index in [1.54, 1.807) is 6.92 Å². The topological polar surface area (TPSA) is 67.4 Å². The SMILES string of the molecule is CCOC(=O)C(CNC(=O)C1CCCNC1)Cc1ccccc1. The van der Waals surface area contributed by atoms with Crippen LogP contribution in [-0.4, -0.2) is 38.1 Å². The van der Waals surface area contributed by atoms with Gasteiger partial charge in [0.2, 0.25) is 5.91 Å². The van der Waals surface area contributed by atoms with Crippen LogP contribution in [0.25, 0.3) is 0 Å². The minimum absolute atomic E-state index is 0.00307. The summed E-state index contributed by atoms with van der Waals surface area (Å²) in [4.78, 5) is 24.4. The van der Waals surface area contributed by atoms with Gasteiger partial charge in [-0.05, 0) is 38.3 Å². The number of nitrogens with one attached hydrogen (secondary N) is 2. The van der Waals surface area contributed by atoms with Crippen LogP contribution in [0.1, 0.15) is 25.3 Å². The molecule has 2 rings (SSSR count). The number of benzene rings is 1. The van der Waals surface area contributed by atoms with E-state index in [2.05, 4.69) is 10.6 Å². The molecule has 1 aromatic carbocycles. The van der Waals surface area contributed by atoms with Crippen molar-refractivity contribution in [3.63, 3.8) is 0 Å². The maximum Gasteiger partial charge on any atom is 0.311 e. The molecule has 23 heavy (non-hydrogen) atoms. The fourth-order valence-electron chi connectivity index (χ4n) is 2.84. The van der Waals surface area contributed by atoms with Crippen LogP contribution in [0.5, 0.6) is 0 Å². The molecule has 0 aromatic heterocycles. The monoisotopic (exact) mass is 318 g/mol. The predicted octanol–water partition coefficient (Wildman–Crippen LogP) is 1.52. The van der Waals surface area contributed by atoms with Gasteiger partial charge >= 0.3 is 5.97 Å². The maximum absolute atomic E-state index is 12.2. The smallest absolute Gasteiger partial charge is 0.311 e. The van der Waals surface area contributed by atoms with Gasteiger partial charge in [-0.2, -0.15) is 0 Å². The molecule has 2 N–H and O–H groups in total. The molecule has 2 unspecified atom stereocenters. The Kier molecular flexibility index (Phi) is 7.07. The largest absolute Gasteiger partial charge is 0.466 e. The number of hydrogen-bond donors (Lipinski definition) is 2. The molecule has 1 aromatic rings. The first-order valence-corrected chi connectivity index (χ1v) is 8.39. The highest BCUT2D eigenvalue weighted by molar-refractivity contribution is 5.80. The van der Waals surface area contributed by atoms with Crippen LogP contribution >= 0.6 is 0 Å². The molecule has 1 heterocycles. The van der Waals surface area contributed by atoms with Gasteiger partial charge in [0, 0.05) is 13.1 Å². The minimum atomic E-state index is -0.349. The quantitative estimate of drug-likeness (QED) is 0.748. The molecule has 0 aliphatic carbocycles. The van der Waals surface area contributed by atoms with Crippen molar-refractivity contribution < 1.29 is 14.3 Å². The molecule has 0 bridgehead atoms. The highest BCUT2D eigenvalue weighted by Crippen LogP contribution is 2.12. The first-order chi connectivity index (χ1) is 11.2. The zero-order chi connectivity index (χ0) is 16.5. The number of esters is 1. The minimum Gasteiger partial charge on any atom is -0.466 e.